The van der Waals surface area contributed by atoms with Crippen molar-refractivity contribution in [3.8, 4) is 0 Å². The molecule has 2 nitrogen and oxygen atoms in total. The van der Waals surface area contributed by atoms with Crippen LogP contribution >= 0.6 is 0 Å². The van der Waals surface area contributed by atoms with Crippen molar-refractivity contribution in [2.75, 3.05) is 13.1 Å². The number of nitrogens with one attached hydrogen (secondary N) is 2. The van der Waals surface area contributed by atoms with E-state index < -0.39 is 0 Å². The van der Waals surface area contributed by atoms with Gasteiger partial charge >= 0.3 is 0 Å². The number of rotatable bonds is 1. The lowest BCUT2D eigenvalue weighted by Gasteiger charge is -2.17. The highest BCUT2D eigenvalue weighted by Crippen LogP contribution is 2.06. The van der Waals surface area contributed by atoms with Gasteiger partial charge in [0.05, 0.1) is 0 Å². The summed E-state index contributed by atoms with van der Waals surface area (Å²) < 4.78 is 0. The lowest BCUT2D eigenvalue weighted by molar-refractivity contribution is 0.461. The predicted molar refractivity (Wildman–Crippen MR) is 34.4 cm³/mol. The molecule has 0 aromatic carbocycles. The van der Waals surface area contributed by atoms with Crippen molar-refractivity contribution in [2.24, 2.45) is 5.92 Å². The molecule has 1 rings (SSSR count). The summed E-state index contributed by atoms with van der Waals surface area (Å²) in [4.78, 5) is 0. The van der Waals surface area contributed by atoms with E-state index in [2.05, 4.69) is 5.32 Å². The van der Waals surface area contributed by atoms with Gasteiger partial charge in [-0.25, -0.2) is 0 Å². The molecule has 46 valence electrons. The van der Waals surface area contributed by atoms with E-state index in [1.807, 2.05) is 0 Å². The van der Waals surface area contributed by atoms with Gasteiger partial charge in [-0.05, 0) is 38.1 Å². The fourth-order valence-corrected chi connectivity index (χ4v) is 1.01. The molecule has 0 spiro atoms. The lowest BCUT2D eigenvalue weighted by Crippen LogP contribution is -2.28. The molecule has 1 aliphatic heterocycles. The molecule has 0 saturated carbocycles. The van der Waals surface area contributed by atoms with Gasteiger partial charge in [0.2, 0.25) is 0 Å². The van der Waals surface area contributed by atoms with E-state index in [1.165, 1.54) is 0 Å². The topological polar surface area (TPSA) is 35.9 Å². The maximum Gasteiger partial charge on any atom is -0.00158 e. The zero-order valence-electron chi connectivity index (χ0n) is 4.98. The molecule has 0 amide bonds. The Morgan fingerprint density at radius 2 is 2.00 bits per heavy atom. The van der Waals surface area contributed by atoms with Crippen LogP contribution in [0.15, 0.2) is 0 Å². The molecule has 0 aromatic heterocycles. The number of hydrogen-bond donors (Lipinski definition) is 2. The summed E-state index contributed by atoms with van der Waals surface area (Å²) in [7, 11) is 0. The van der Waals surface area contributed by atoms with Gasteiger partial charge in [0.15, 0.2) is 0 Å². The number of hydrogen-bond acceptors (Lipinski definition) is 2. The summed E-state index contributed by atoms with van der Waals surface area (Å²) in [6.07, 6.45) is 3.88. The maximum atomic E-state index is 6.94. The van der Waals surface area contributed by atoms with Gasteiger partial charge in [-0.2, -0.15) is 0 Å². The Morgan fingerprint density at radius 3 is 2.38 bits per heavy atom. The van der Waals surface area contributed by atoms with Crippen LogP contribution in [0.1, 0.15) is 12.8 Å². The minimum absolute atomic E-state index is 0.566. The second kappa shape index (κ2) is 2.82. The van der Waals surface area contributed by atoms with Crippen LogP contribution in [-0.4, -0.2) is 19.3 Å². The maximum absolute atomic E-state index is 6.94. The van der Waals surface area contributed by atoms with Gasteiger partial charge in [0.1, 0.15) is 0 Å². The summed E-state index contributed by atoms with van der Waals surface area (Å²) >= 11 is 0. The summed E-state index contributed by atoms with van der Waals surface area (Å²) in [5.74, 6) is 0.566. The van der Waals surface area contributed by atoms with Crippen LogP contribution in [0.25, 0.3) is 0 Å². The van der Waals surface area contributed by atoms with Gasteiger partial charge in [0, 0.05) is 0 Å². The normalized spacial score (nSPS) is 23.0. The van der Waals surface area contributed by atoms with Crippen molar-refractivity contribution in [1.29, 1.82) is 5.41 Å². The van der Waals surface area contributed by atoms with Crippen LogP contribution in [0.5, 0.6) is 0 Å². The molecule has 2 N–H and O–H groups in total. The zero-order valence-corrected chi connectivity index (χ0v) is 4.98. The van der Waals surface area contributed by atoms with Gasteiger partial charge in [-0.3, -0.25) is 0 Å². The third-order valence-corrected chi connectivity index (χ3v) is 1.62. The van der Waals surface area contributed by atoms with Crippen molar-refractivity contribution in [3.05, 3.63) is 0 Å². The van der Waals surface area contributed by atoms with Crippen LogP contribution in [0.2, 0.25) is 0 Å². The Hall–Kier alpha value is -0.370. The van der Waals surface area contributed by atoms with E-state index in [-0.39, 0.29) is 0 Å². The monoisotopic (exact) mass is 112 g/mol. The molecule has 1 aliphatic rings. The molecule has 8 heavy (non-hydrogen) atoms. The van der Waals surface area contributed by atoms with Crippen LogP contribution in [-0.2, 0) is 0 Å². The zero-order chi connectivity index (χ0) is 5.82. The molecule has 0 aliphatic carbocycles. The Kier molecular flexibility index (Phi) is 2.03. The predicted octanol–water partition coefficient (Wildman–Crippen LogP) is 0.636. The Bertz CT molecular complexity index is 74.6. The van der Waals surface area contributed by atoms with Crippen LogP contribution in [0.3, 0.4) is 0 Å². The summed E-state index contributed by atoms with van der Waals surface area (Å²) in [5.41, 5.74) is 0. The Labute approximate surface area is 49.8 Å². The third kappa shape index (κ3) is 1.30. The second-order valence-electron chi connectivity index (χ2n) is 2.25. The van der Waals surface area contributed by atoms with Crippen molar-refractivity contribution in [2.45, 2.75) is 12.8 Å². The molecule has 0 radical (unpaired) electrons. The average molecular weight is 112 g/mol. The molecule has 0 atom stereocenters. The van der Waals surface area contributed by atoms with Crippen molar-refractivity contribution in [1.82, 2.24) is 5.32 Å². The van der Waals surface area contributed by atoms with E-state index in [4.69, 9.17) is 5.41 Å². The highest BCUT2D eigenvalue weighted by atomic mass is 14.9. The summed E-state index contributed by atoms with van der Waals surface area (Å²) in [5, 5.41) is 10.2. The Morgan fingerprint density at radius 1 is 1.38 bits per heavy atom. The fourth-order valence-electron chi connectivity index (χ4n) is 1.01. The fraction of sp³-hybridized carbons (Fsp3) is 0.833. The Balaban J connectivity index is 2.22. The molecule has 2 heteroatoms. The van der Waals surface area contributed by atoms with E-state index in [1.54, 1.807) is 6.21 Å². The quantitative estimate of drug-likeness (QED) is 0.480. The minimum atomic E-state index is 0.566. The minimum Gasteiger partial charge on any atom is -0.317 e. The number of piperidine rings is 1. The van der Waals surface area contributed by atoms with E-state index in [0.29, 0.717) is 5.92 Å². The van der Waals surface area contributed by atoms with Gasteiger partial charge in [-0.1, -0.05) is 0 Å². The molecule has 1 fully saturated rings. The molecular formula is C6H12N2. The second-order valence-corrected chi connectivity index (χ2v) is 2.25. The third-order valence-electron chi connectivity index (χ3n) is 1.62. The molecule has 0 aromatic rings. The molecule has 0 bridgehead atoms. The van der Waals surface area contributed by atoms with Crippen LogP contribution in [0.4, 0.5) is 0 Å². The highest BCUT2D eigenvalue weighted by Gasteiger charge is 2.08. The molecule has 1 heterocycles. The average Bonchev–Trinajstić information content (AvgIpc) is 1.90. The molecule has 1 saturated heterocycles. The first-order chi connectivity index (χ1) is 3.93. The first-order valence-corrected chi connectivity index (χ1v) is 3.15. The van der Waals surface area contributed by atoms with Gasteiger partial charge in [0.25, 0.3) is 0 Å². The smallest absolute Gasteiger partial charge is 0.00158 e. The SMILES string of the molecule is N=CC1CCNCC1. The van der Waals surface area contributed by atoms with E-state index in [0.717, 1.165) is 25.9 Å². The van der Waals surface area contributed by atoms with E-state index >= 15 is 0 Å². The van der Waals surface area contributed by atoms with Crippen molar-refractivity contribution in [3.63, 3.8) is 0 Å². The first kappa shape index (κ1) is 5.76. The first-order valence-electron chi connectivity index (χ1n) is 3.15. The summed E-state index contributed by atoms with van der Waals surface area (Å²) in [6, 6.07) is 0. The van der Waals surface area contributed by atoms with Crippen LogP contribution in [0, 0.1) is 11.3 Å². The van der Waals surface area contributed by atoms with Gasteiger partial charge in [-0.15, -0.1) is 0 Å². The van der Waals surface area contributed by atoms with Crippen LogP contribution < -0.4 is 5.32 Å². The van der Waals surface area contributed by atoms with Crippen molar-refractivity contribution >= 4 is 6.21 Å². The van der Waals surface area contributed by atoms with E-state index in [9.17, 15) is 0 Å². The largest absolute Gasteiger partial charge is 0.317 e. The highest BCUT2D eigenvalue weighted by molar-refractivity contribution is 5.56. The van der Waals surface area contributed by atoms with Gasteiger partial charge < -0.3 is 10.7 Å². The molecular weight excluding hydrogens is 100 g/mol. The van der Waals surface area contributed by atoms with Crippen molar-refractivity contribution < 1.29 is 0 Å². The lowest BCUT2D eigenvalue weighted by atomic mass is 10.0. The summed E-state index contributed by atoms with van der Waals surface area (Å²) in [6.45, 7) is 2.19. The molecule has 0 unspecified atom stereocenters. The standard InChI is InChI=1S/C6H12N2/c7-5-6-1-3-8-4-2-6/h5-8H,1-4H2.